The van der Waals surface area contributed by atoms with Gasteiger partial charge in [0, 0.05) is 17.4 Å². The predicted octanol–water partition coefficient (Wildman–Crippen LogP) is 1.57. The second-order valence-corrected chi connectivity index (χ2v) is 5.22. The first-order chi connectivity index (χ1) is 7.62. The molecular weight excluding hydrogens is 226 g/mol. The van der Waals surface area contributed by atoms with Gasteiger partial charge in [-0.05, 0) is 6.07 Å². The molecule has 1 N–H and O–H groups in total. The van der Waals surface area contributed by atoms with E-state index in [-0.39, 0.29) is 6.04 Å². The summed E-state index contributed by atoms with van der Waals surface area (Å²) in [6, 6.07) is 7.20. The molecule has 0 radical (unpaired) electrons. The molecule has 0 bridgehead atoms. The topological polar surface area (TPSA) is 55.4 Å². The van der Waals surface area contributed by atoms with Gasteiger partial charge in [0.05, 0.1) is 12.6 Å². The van der Waals surface area contributed by atoms with Crippen LogP contribution < -0.4 is 9.46 Å². The van der Waals surface area contributed by atoms with Crippen LogP contribution in [0.15, 0.2) is 36.3 Å². The lowest BCUT2D eigenvalue weighted by molar-refractivity contribution is 0.263. The lowest BCUT2D eigenvalue weighted by Gasteiger charge is -2.25. The van der Waals surface area contributed by atoms with E-state index in [1.54, 1.807) is 0 Å². The van der Waals surface area contributed by atoms with Crippen LogP contribution >= 0.6 is 0 Å². The van der Waals surface area contributed by atoms with Crippen LogP contribution in [0.2, 0.25) is 0 Å². The van der Waals surface area contributed by atoms with Crippen molar-refractivity contribution in [2.75, 3.05) is 6.61 Å². The summed E-state index contributed by atoms with van der Waals surface area (Å²) in [5.41, 5.74) is 0.874. The van der Waals surface area contributed by atoms with Crippen LogP contribution in [0, 0.1) is 0 Å². The van der Waals surface area contributed by atoms with Crippen molar-refractivity contribution in [1.29, 1.82) is 0 Å². The van der Waals surface area contributed by atoms with Crippen molar-refractivity contribution in [2.45, 2.75) is 12.5 Å². The van der Waals surface area contributed by atoms with Gasteiger partial charge in [0.25, 0.3) is 0 Å². The number of nitrogens with one attached hydrogen (secondary N) is 1. The van der Waals surface area contributed by atoms with Gasteiger partial charge in [0.2, 0.25) is 10.0 Å². The monoisotopic (exact) mass is 239 g/mol. The van der Waals surface area contributed by atoms with E-state index < -0.39 is 10.0 Å². The summed E-state index contributed by atoms with van der Waals surface area (Å²) in [5.74, 6) is 0.741. The molecule has 2 rings (SSSR count). The highest BCUT2D eigenvalue weighted by atomic mass is 32.2. The zero-order valence-electron chi connectivity index (χ0n) is 8.72. The number of benzene rings is 1. The fourth-order valence-electron chi connectivity index (χ4n) is 1.71. The minimum absolute atomic E-state index is 0.229. The second-order valence-electron chi connectivity index (χ2n) is 3.56. The van der Waals surface area contributed by atoms with Crippen molar-refractivity contribution >= 4 is 10.0 Å². The molecule has 4 nitrogen and oxygen atoms in total. The van der Waals surface area contributed by atoms with E-state index in [1.165, 1.54) is 0 Å². The van der Waals surface area contributed by atoms with E-state index >= 15 is 0 Å². The van der Waals surface area contributed by atoms with Crippen molar-refractivity contribution in [1.82, 2.24) is 4.72 Å². The molecule has 0 fully saturated rings. The molecule has 0 amide bonds. The Morgan fingerprint density at radius 1 is 1.44 bits per heavy atom. The zero-order valence-corrected chi connectivity index (χ0v) is 9.53. The van der Waals surface area contributed by atoms with Gasteiger partial charge in [0.15, 0.2) is 0 Å². The van der Waals surface area contributed by atoms with E-state index in [9.17, 15) is 8.42 Å². The summed E-state index contributed by atoms with van der Waals surface area (Å²) in [6.45, 7) is 3.79. The van der Waals surface area contributed by atoms with Crippen LogP contribution in [-0.2, 0) is 10.0 Å². The minimum Gasteiger partial charge on any atom is -0.493 e. The van der Waals surface area contributed by atoms with Gasteiger partial charge < -0.3 is 4.74 Å². The highest BCUT2D eigenvalue weighted by Gasteiger charge is 2.23. The molecule has 1 aromatic rings. The first kappa shape index (κ1) is 11.2. The summed E-state index contributed by atoms with van der Waals surface area (Å²) in [4.78, 5) is 0. The van der Waals surface area contributed by atoms with Crippen LogP contribution in [0.25, 0.3) is 0 Å². The highest BCUT2D eigenvalue weighted by Crippen LogP contribution is 2.31. The fourth-order valence-corrected chi connectivity index (χ4v) is 2.45. The third kappa shape index (κ3) is 2.25. The summed E-state index contributed by atoms with van der Waals surface area (Å²) in [6.07, 6.45) is 0.629. The molecule has 0 spiro atoms. The first-order valence-corrected chi connectivity index (χ1v) is 6.53. The van der Waals surface area contributed by atoms with Crippen LogP contribution in [0.3, 0.4) is 0 Å². The zero-order chi connectivity index (χ0) is 11.6. The molecule has 0 saturated carbocycles. The summed E-state index contributed by atoms with van der Waals surface area (Å²) in [5, 5.41) is 0.922. The Kier molecular flexibility index (Phi) is 2.98. The molecular formula is C11H13NO3S. The van der Waals surface area contributed by atoms with E-state index in [4.69, 9.17) is 4.74 Å². The number of para-hydroxylation sites is 1. The molecule has 1 heterocycles. The van der Waals surface area contributed by atoms with E-state index in [1.807, 2.05) is 24.3 Å². The van der Waals surface area contributed by atoms with Crippen molar-refractivity contribution in [3.63, 3.8) is 0 Å². The summed E-state index contributed by atoms with van der Waals surface area (Å²) >= 11 is 0. The molecule has 16 heavy (non-hydrogen) atoms. The SMILES string of the molecule is C=CS(=O)(=O)NC1CCOc2ccccc21. The minimum atomic E-state index is -3.40. The van der Waals surface area contributed by atoms with Gasteiger partial charge in [-0.25, -0.2) is 13.1 Å². The lowest BCUT2D eigenvalue weighted by atomic mass is 10.0. The number of hydrogen-bond donors (Lipinski definition) is 1. The van der Waals surface area contributed by atoms with Gasteiger partial charge in [-0.3, -0.25) is 0 Å². The Labute approximate surface area is 95.0 Å². The molecule has 1 aliphatic heterocycles. The van der Waals surface area contributed by atoms with Crippen LogP contribution in [-0.4, -0.2) is 15.0 Å². The molecule has 1 aromatic carbocycles. The average Bonchev–Trinajstić information content (AvgIpc) is 2.29. The van der Waals surface area contributed by atoms with Gasteiger partial charge in [-0.1, -0.05) is 24.8 Å². The van der Waals surface area contributed by atoms with E-state index in [2.05, 4.69) is 11.3 Å². The number of ether oxygens (including phenoxy) is 1. The van der Waals surface area contributed by atoms with Crippen molar-refractivity contribution < 1.29 is 13.2 Å². The van der Waals surface area contributed by atoms with Gasteiger partial charge >= 0.3 is 0 Å². The predicted molar refractivity (Wildman–Crippen MR) is 61.5 cm³/mol. The molecule has 1 aliphatic rings. The molecule has 0 saturated heterocycles. The van der Waals surface area contributed by atoms with E-state index in [0.717, 1.165) is 16.7 Å². The molecule has 0 aliphatic carbocycles. The second kappa shape index (κ2) is 4.27. The van der Waals surface area contributed by atoms with Crippen molar-refractivity contribution in [2.24, 2.45) is 0 Å². The maximum absolute atomic E-state index is 11.4. The largest absolute Gasteiger partial charge is 0.493 e. The quantitative estimate of drug-likeness (QED) is 0.871. The average molecular weight is 239 g/mol. The van der Waals surface area contributed by atoms with Gasteiger partial charge in [0.1, 0.15) is 5.75 Å². The lowest BCUT2D eigenvalue weighted by Crippen LogP contribution is -2.30. The Balaban J connectivity index is 2.29. The Morgan fingerprint density at radius 3 is 2.94 bits per heavy atom. The Hall–Kier alpha value is -1.33. The summed E-state index contributed by atoms with van der Waals surface area (Å²) in [7, 11) is -3.40. The van der Waals surface area contributed by atoms with Crippen LogP contribution in [0.5, 0.6) is 5.75 Å². The number of hydrogen-bond acceptors (Lipinski definition) is 3. The number of fused-ring (bicyclic) bond motifs is 1. The Bertz CT molecular complexity index is 496. The first-order valence-electron chi connectivity index (χ1n) is 4.99. The molecule has 0 aromatic heterocycles. The smallest absolute Gasteiger partial charge is 0.233 e. The molecule has 5 heteroatoms. The highest BCUT2D eigenvalue weighted by molar-refractivity contribution is 7.92. The molecule has 1 unspecified atom stereocenters. The maximum atomic E-state index is 11.4. The standard InChI is InChI=1S/C11H13NO3S/c1-2-16(13,14)12-10-7-8-15-11-6-4-3-5-9(10)11/h2-6,10,12H,1,7-8H2. The van der Waals surface area contributed by atoms with Gasteiger partial charge in [-0.15, -0.1) is 0 Å². The third-order valence-electron chi connectivity index (χ3n) is 2.48. The van der Waals surface area contributed by atoms with Crippen LogP contribution in [0.1, 0.15) is 18.0 Å². The van der Waals surface area contributed by atoms with Gasteiger partial charge in [-0.2, -0.15) is 0 Å². The fraction of sp³-hybridized carbons (Fsp3) is 0.273. The summed E-state index contributed by atoms with van der Waals surface area (Å²) < 4.78 is 30.8. The van der Waals surface area contributed by atoms with Crippen molar-refractivity contribution in [3.8, 4) is 5.75 Å². The normalized spacial score (nSPS) is 19.6. The maximum Gasteiger partial charge on any atom is 0.233 e. The third-order valence-corrected chi connectivity index (χ3v) is 3.54. The molecule has 86 valence electrons. The van der Waals surface area contributed by atoms with Crippen LogP contribution in [0.4, 0.5) is 0 Å². The Morgan fingerprint density at radius 2 is 2.19 bits per heavy atom. The van der Waals surface area contributed by atoms with E-state index in [0.29, 0.717) is 13.0 Å². The molecule has 1 atom stereocenters. The number of sulfonamides is 1. The number of rotatable bonds is 3. The van der Waals surface area contributed by atoms with Crippen molar-refractivity contribution in [3.05, 3.63) is 41.8 Å².